The number of imidazole rings is 1. The molecule has 0 aliphatic carbocycles. The molecular weight excluding hydrogens is 351 g/mol. The van der Waals surface area contributed by atoms with Crippen LogP contribution in [0, 0.1) is 13.8 Å². The van der Waals surface area contributed by atoms with Gasteiger partial charge >= 0.3 is 29.6 Å². The van der Waals surface area contributed by atoms with Crippen LogP contribution < -0.4 is 39.0 Å². The number of aromatic amines is 1. The van der Waals surface area contributed by atoms with Crippen molar-refractivity contribution in [2.45, 2.75) is 24.8 Å². The number of methoxy groups -OCH3 is 2. The third-order valence-electron chi connectivity index (χ3n) is 3.75. The monoisotopic (exact) mass is 370 g/mol. The van der Waals surface area contributed by atoms with E-state index in [4.69, 9.17) is 9.47 Å². The number of nitrogens with one attached hydrogen (secondary N) is 1. The SMILES string of the molecule is COc1ccnc(CS(=O)c2nc3nc(OC)c(C)cc3[nH]2)c1C.[H-].[Na+]. The minimum Gasteiger partial charge on any atom is -1.00 e. The molecule has 0 saturated heterocycles. The maximum absolute atomic E-state index is 12.7. The average molecular weight is 370 g/mol. The normalized spacial score (nSPS) is 11.8. The molecule has 0 amide bonds. The molecule has 3 heterocycles. The van der Waals surface area contributed by atoms with E-state index in [1.54, 1.807) is 26.5 Å². The molecule has 0 spiro atoms. The van der Waals surface area contributed by atoms with Crippen LogP contribution in [0.5, 0.6) is 11.6 Å². The van der Waals surface area contributed by atoms with E-state index in [0.717, 1.165) is 28.1 Å². The first kappa shape index (κ1) is 19.8. The van der Waals surface area contributed by atoms with Crippen molar-refractivity contribution in [2.75, 3.05) is 14.2 Å². The third-order valence-corrected chi connectivity index (χ3v) is 4.91. The van der Waals surface area contributed by atoms with Crippen molar-refractivity contribution in [2.24, 2.45) is 0 Å². The van der Waals surface area contributed by atoms with E-state index in [9.17, 15) is 4.21 Å². The molecule has 128 valence electrons. The largest absolute Gasteiger partial charge is 1.00 e. The van der Waals surface area contributed by atoms with E-state index in [1.807, 2.05) is 19.9 Å². The van der Waals surface area contributed by atoms with Crippen molar-refractivity contribution < 1.29 is 44.7 Å². The van der Waals surface area contributed by atoms with E-state index in [1.165, 1.54) is 0 Å². The molecule has 3 aromatic rings. The maximum atomic E-state index is 12.7. The van der Waals surface area contributed by atoms with Gasteiger partial charge in [-0.25, -0.2) is 4.98 Å². The molecule has 0 saturated carbocycles. The Hall–Kier alpha value is -1.48. The molecular formula is C16H19N4NaO3S. The second-order valence-corrected chi connectivity index (χ2v) is 6.67. The summed E-state index contributed by atoms with van der Waals surface area (Å²) in [4.78, 5) is 16.0. The quantitative estimate of drug-likeness (QED) is 0.604. The van der Waals surface area contributed by atoms with Gasteiger partial charge in [0.1, 0.15) is 5.75 Å². The molecule has 0 radical (unpaired) electrons. The molecule has 1 atom stereocenters. The summed E-state index contributed by atoms with van der Waals surface area (Å²) in [6, 6.07) is 3.66. The van der Waals surface area contributed by atoms with E-state index in [-0.39, 0.29) is 36.7 Å². The maximum Gasteiger partial charge on any atom is 1.00 e. The van der Waals surface area contributed by atoms with Crippen molar-refractivity contribution in [3.8, 4) is 11.6 Å². The zero-order chi connectivity index (χ0) is 17.3. The average Bonchev–Trinajstić information content (AvgIpc) is 2.98. The number of ether oxygens (including phenoxy) is 2. The van der Waals surface area contributed by atoms with Crippen molar-refractivity contribution in [3.05, 3.63) is 35.2 Å². The number of H-pyrrole nitrogens is 1. The Morgan fingerprint density at radius 1 is 1.24 bits per heavy atom. The van der Waals surface area contributed by atoms with Gasteiger partial charge < -0.3 is 15.9 Å². The zero-order valence-corrected chi connectivity index (χ0v) is 17.7. The van der Waals surface area contributed by atoms with Crippen LogP contribution in [0.2, 0.25) is 0 Å². The molecule has 0 aromatic carbocycles. The zero-order valence-electron chi connectivity index (χ0n) is 15.9. The van der Waals surface area contributed by atoms with Crippen LogP contribution >= 0.6 is 0 Å². The second kappa shape index (κ2) is 8.27. The van der Waals surface area contributed by atoms with Gasteiger partial charge in [0.05, 0.1) is 42.0 Å². The van der Waals surface area contributed by atoms with Crippen LogP contribution in [0.1, 0.15) is 18.2 Å². The first-order chi connectivity index (χ1) is 11.5. The Kier molecular flexibility index (Phi) is 6.56. The van der Waals surface area contributed by atoms with Gasteiger partial charge in [0.15, 0.2) is 10.8 Å². The van der Waals surface area contributed by atoms with Crippen molar-refractivity contribution in [1.82, 2.24) is 19.9 Å². The number of aromatic nitrogens is 4. The fourth-order valence-corrected chi connectivity index (χ4v) is 3.52. The van der Waals surface area contributed by atoms with Crippen LogP contribution in [-0.4, -0.2) is 38.4 Å². The fraction of sp³-hybridized carbons (Fsp3) is 0.312. The fourth-order valence-electron chi connectivity index (χ4n) is 2.44. The summed E-state index contributed by atoms with van der Waals surface area (Å²) in [6.07, 6.45) is 1.65. The summed E-state index contributed by atoms with van der Waals surface area (Å²) >= 11 is 0. The number of nitrogens with zero attached hydrogens (tertiary/aromatic N) is 3. The van der Waals surface area contributed by atoms with Gasteiger partial charge in [-0.2, -0.15) is 4.98 Å². The molecule has 25 heavy (non-hydrogen) atoms. The summed E-state index contributed by atoms with van der Waals surface area (Å²) in [6.45, 7) is 3.79. The topological polar surface area (TPSA) is 90.0 Å². The second-order valence-electron chi connectivity index (χ2n) is 5.30. The number of rotatable bonds is 5. The molecule has 1 N–H and O–H groups in total. The summed E-state index contributed by atoms with van der Waals surface area (Å²) in [7, 11) is 1.79. The molecule has 0 bridgehead atoms. The van der Waals surface area contributed by atoms with Gasteiger partial charge in [-0.1, -0.05) is 0 Å². The van der Waals surface area contributed by atoms with Crippen LogP contribution in [0.15, 0.2) is 23.5 Å². The minimum atomic E-state index is -1.37. The Labute approximate surface area is 171 Å². The molecule has 3 rings (SSSR count). The standard InChI is InChI=1S/C16H18N4O3S.Na.H/c1-9-7-11-14(19-15(9)23-4)20-16(18-11)24(21)8-12-10(2)13(22-3)5-6-17-12;;/h5-7H,8H2,1-4H3,(H,18,19,20);;/q;+1;-1. The summed E-state index contributed by atoms with van der Waals surface area (Å²) in [5.74, 6) is 1.49. The Morgan fingerprint density at radius 3 is 2.68 bits per heavy atom. The Balaban J connectivity index is 0.00000169. The summed E-state index contributed by atoms with van der Waals surface area (Å²) < 4.78 is 23.1. The Bertz CT molecular complexity index is 935. The van der Waals surface area contributed by atoms with Crippen LogP contribution in [0.25, 0.3) is 11.2 Å². The predicted octanol–water partition coefficient (Wildman–Crippen LogP) is -0.589. The van der Waals surface area contributed by atoms with Crippen molar-refractivity contribution >= 4 is 22.0 Å². The summed E-state index contributed by atoms with van der Waals surface area (Å²) in [5, 5.41) is 0.370. The first-order valence-electron chi connectivity index (χ1n) is 7.31. The number of hydrogen-bond donors (Lipinski definition) is 1. The molecule has 1 unspecified atom stereocenters. The van der Waals surface area contributed by atoms with E-state index in [0.29, 0.717) is 16.7 Å². The first-order valence-corrected chi connectivity index (χ1v) is 8.63. The van der Waals surface area contributed by atoms with Gasteiger partial charge in [-0.05, 0) is 26.0 Å². The minimum absolute atomic E-state index is 0. The van der Waals surface area contributed by atoms with Crippen LogP contribution in [0.4, 0.5) is 0 Å². The molecule has 0 aliphatic rings. The van der Waals surface area contributed by atoms with Gasteiger partial charge in [-0.3, -0.25) is 9.19 Å². The van der Waals surface area contributed by atoms with E-state index in [2.05, 4.69) is 19.9 Å². The van der Waals surface area contributed by atoms with Gasteiger partial charge in [0.25, 0.3) is 0 Å². The number of fused-ring (bicyclic) bond motifs is 1. The predicted molar refractivity (Wildman–Crippen MR) is 91.9 cm³/mol. The smallest absolute Gasteiger partial charge is 1.00 e. The molecule has 7 nitrogen and oxygen atoms in total. The molecule has 0 fully saturated rings. The van der Waals surface area contributed by atoms with Gasteiger partial charge in [0.2, 0.25) is 5.88 Å². The number of hydrogen-bond acceptors (Lipinski definition) is 6. The van der Waals surface area contributed by atoms with Crippen molar-refractivity contribution in [1.29, 1.82) is 0 Å². The van der Waals surface area contributed by atoms with Gasteiger partial charge in [0, 0.05) is 17.3 Å². The summed E-state index contributed by atoms with van der Waals surface area (Å²) in [5.41, 5.74) is 3.69. The molecule has 9 heteroatoms. The Morgan fingerprint density at radius 2 is 2.00 bits per heavy atom. The van der Waals surface area contributed by atoms with Crippen LogP contribution in [0.3, 0.4) is 0 Å². The number of pyridine rings is 2. The van der Waals surface area contributed by atoms with Crippen molar-refractivity contribution in [3.63, 3.8) is 0 Å². The third kappa shape index (κ3) is 4.03. The van der Waals surface area contributed by atoms with E-state index >= 15 is 0 Å². The number of aryl methyl sites for hydroxylation is 1. The van der Waals surface area contributed by atoms with Gasteiger partial charge in [-0.15, -0.1) is 0 Å². The molecule has 0 aliphatic heterocycles. The van der Waals surface area contributed by atoms with E-state index < -0.39 is 10.8 Å². The van der Waals surface area contributed by atoms with Crippen LogP contribution in [-0.2, 0) is 16.6 Å². The molecule has 3 aromatic heterocycles.